The average molecular weight is 345 g/mol. The third-order valence-electron chi connectivity index (χ3n) is 3.27. The molecule has 0 fully saturated rings. The predicted octanol–water partition coefficient (Wildman–Crippen LogP) is 3.37. The maximum absolute atomic E-state index is 11.9. The third-order valence-corrected chi connectivity index (χ3v) is 3.27. The number of carbonyl (C=O) groups is 1. The Bertz CT molecular complexity index is 717. The lowest BCUT2D eigenvalue weighted by Crippen LogP contribution is -2.11. The van der Waals surface area contributed by atoms with Crippen molar-refractivity contribution in [2.75, 3.05) is 19.8 Å². The number of carbonyl (C=O) groups excluding carboxylic acids is 1. The van der Waals surface area contributed by atoms with Gasteiger partial charge in [0.05, 0.1) is 30.8 Å². The van der Waals surface area contributed by atoms with Gasteiger partial charge in [-0.25, -0.2) is 4.79 Å². The summed E-state index contributed by atoms with van der Waals surface area (Å²) in [5.74, 6) is -0.478. The lowest BCUT2D eigenvalue weighted by Gasteiger charge is -2.11. The van der Waals surface area contributed by atoms with Crippen LogP contribution in [0.3, 0.4) is 0 Å². The number of nitro groups is 1. The van der Waals surface area contributed by atoms with E-state index in [-0.39, 0.29) is 36.8 Å². The molecule has 0 unspecified atom stereocenters. The number of nitrogens with zero attached hydrogens (tertiary/aromatic N) is 1. The molecule has 132 valence electrons. The standard InChI is InChI=1S/C18H19NO6/c1-2-24-18(20)16-9-8-15(19(21)22)12-17(16)25-11-10-23-13-14-6-4-3-5-7-14/h3-9,12H,2,10-11,13H2,1H3. The van der Waals surface area contributed by atoms with Crippen LogP contribution in [0.2, 0.25) is 0 Å². The van der Waals surface area contributed by atoms with Crippen molar-refractivity contribution in [2.45, 2.75) is 13.5 Å². The second-order valence-corrected chi connectivity index (χ2v) is 5.04. The molecule has 0 N–H and O–H groups in total. The van der Waals surface area contributed by atoms with Gasteiger partial charge in [-0.2, -0.15) is 0 Å². The fraction of sp³-hybridized carbons (Fsp3) is 0.278. The summed E-state index contributed by atoms with van der Waals surface area (Å²) in [5.41, 5.74) is 1.02. The van der Waals surface area contributed by atoms with Gasteiger partial charge in [-0.15, -0.1) is 0 Å². The van der Waals surface area contributed by atoms with Crippen LogP contribution in [0.25, 0.3) is 0 Å². The largest absolute Gasteiger partial charge is 0.490 e. The van der Waals surface area contributed by atoms with E-state index in [4.69, 9.17) is 14.2 Å². The van der Waals surface area contributed by atoms with Crippen LogP contribution < -0.4 is 4.74 Å². The Hall–Kier alpha value is -2.93. The molecule has 0 aromatic heterocycles. The number of nitro benzene ring substituents is 1. The van der Waals surface area contributed by atoms with Crippen molar-refractivity contribution in [3.8, 4) is 5.75 Å². The van der Waals surface area contributed by atoms with E-state index in [2.05, 4.69) is 0 Å². The molecule has 0 aliphatic rings. The highest BCUT2D eigenvalue weighted by atomic mass is 16.6. The first-order chi connectivity index (χ1) is 12.1. The Morgan fingerprint density at radius 1 is 1.12 bits per heavy atom. The maximum atomic E-state index is 11.9. The first-order valence-corrected chi connectivity index (χ1v) is 7.82. The van der Waals surface area contributed by atoms with Crippen LogP contribution >= 0.6 is 0 Å². The van der Waals surface area contributed by atoms with Gasteiger partial charge >= 0.3 is 5.97 Å². The summed E-state index contributed by atoms with van der Waals surface area (Å²) in [5, 5.41) is 10.9. The molecule has 0 bridgehead atoms. The van der Waals surface area contributed by atoms with Gasteiger partial charge in [-0.05, 0) is 18.6 Å². The molecular weight excluding hydrogens is 326 g/mol. The number of non-ortho nitro benzene ring substituents is 1. The Morgan fingerprint density at radius 2 is 1.88 bits per heavy atom. The molecule has 0 radical (unpaired) electrons. The zero-order valence-corrected chi connectivity index (χ0v) is 13.8. The van der Waals surface area contributed by atoms with E-state index in [9.17, 15) is 14.9 Å². The summed E-state index contributed by atoms with van der Waals surface area (Å²) in [6.07, 6.45) is 0. The van der Waals surface area contributed by atoms with Gasteiger partial charge in [0.2, 0.25) is 0 Å². The van der Waals surface area contributed by atoms with E-state index in [1.807, 2.05) is 30.3 Å². The molecular formula is C18H19NO6. The highest BCUT2D eigenvalue weighted by molar-refractivity contribution is 5.93. The molecule has 2 aromatic rings. The lowest BCUT2D eigenvalue weighted by atomic mass is 10.2. The first kappa shape index (κ1) is 18.4. The highest BCUT2D eigenvalue weighted by Gasteiger charge is 2.18. The Balaban J connectivity index is 1.95. The molecule has 7 heteroatoms. The minimum Gasteiger partial charge on any atom is -0.490 e. The summed E-state index contributed by atoms with van der Waals surface area (Å²) >= 11 is 0. The summed E-state index contributed by atoms with van der Waals surface area (Å²) < 4.78 is 15.9. The van der Waals surface area contributed by atoms with Gasteiger partial charge in [0.25, 0.3) is 5.69 Å². The van der Waals surface area contributed by atoms with Gasteiger partial charge in [0, 0.05) is 6.07 Å². The van der Waals surface area contributed by atoms with Crippen molar-refractivity contribution in [3.63, 3.8) is 0 Å². The van der Waals surface area contributed by atoms with E-state index in [1.165, 1.54) is 18.2 Å². The molecule has 0 aliphatic carbocycles. The maximum Gasteiger partial charge on any atom is 0.341 e. The zero-order chi connectivity index (χ0) is 18.1. The van der Waals surface area contributed by atoms with Gasteiger partial charge in [0.15, 0.2) is 0 Å². The topological polar surface area (TPSA) is 87.9 Å². The van der Waals surface area contributed by atoms with Crippen LogP contribution in [0.5, 0.6) is 5.75 Å². The number of esters is 1. The van der Waals surface area contributed by atoms with Crippen molar-refractivity contribution in [1.82, 2.24) is 0 Å². The summed E-state index contributed by atoms with van der Waals surface area (Å²) in [7, 11) is 0. The van der Waals surface area contributed by atoms with Crippen LogP contribution in [0.1, 0.15) is 22.8 Å². The molecule has 25 heavy (non-hydrogen) atoms. The van der Waals surface area contributed by atoms with Gasteiger partial charge < -0.3 is 14.2 Å². The van der Waals surface area contributed by atoms with Crippen LogP contribution in [-0.2, 0) is 16.1 Å². The highest BCUT2D eigenvalue weighted by Crippen LogP contribution is 2.25. The minimum atomic E-state index is -0.586. The van der Waals surface area contributed by atoms with Gasteiger partial charge in [0.1, 0.15) is 17.9 Å². The number of benzene rings is 2. The summed E-state index contributed by atoms with van der Waals surface area (Å²) in [6.45, 7) is 2.75. The molecule has 0 amide bonds. The average Bonchev–Trinajstić information content (AvgIpc) is 2.62. The molecule has 0 saturated heterocycles. The zero-order valence-electron chi connectivity index (χ0n) is 13.8. The number of hydrogen-bond acceptors (Lipinski definition) is 6. The van der Waals surface area contributed by atoms with Gasteiger partial charge in [-0.1, -0.05) is 30.3 Å². The van der Waals surface area contributed by atoms with E-state index in [1.54, 1.807) is 6.92 Å². The quantitative estimate of drug-likeness (QED) is 0.300. The van der Waals surface area contributed by atoms with Crippen LogP contribution in [-0.4, -0.2) is 30.7 Å². The van der Waals surface area contributed by atoms with Crippen LogP contribution in [0.4, 0.5) is 5.69 Å². The number of rotatable bonds is 9. The summed E-state index contributed by atoms with van der Waals surface area (Å²) in [6, 6.07) is 13.4. The van der Waals surface area contributed by atoms with Crippen molar-refractivity contribution >= 4 is 11.7 Å². The lowest BCUT2D eigenvalue weighted by molar-refractivity contribution is -0.384. The van der Waals surface area contributed by atoms with E-state index >= 15 is 0 Å². The number of hydrogen-bond donors (Lipinski definition) is 0. The fourth-order valence-corrected chi connectivity index (χ4v) is 2.10. The van der Waals surface area contributed by atoms with Crippen molar-refractivity contribution < 1.29 is 23.9 Å². The molecule has 0 spiro atoms. The van der Waals surface area contributed by atoms with Crippen molar-refractivity contribution in [2.24, 2.45) is 0 Å². The smallest absolute Gasteiger partial charge is 0.341 e. The molecule has 7 nitrogen and oxygen atoms in total. The van der Waals surface area contributed by atoms with Crippen molar-refractivity contribution in [1.29, 1.82) is 0 Å². The molecule has 0 saturated carbocycles. The second kappa shape index (κ2) is 9.39. The Labute approximate surface area is 145 Å². The fourth-order valence-electron chi connectivity index (χ4n) is 2.10. The summed E-state index contributed by atoms with van der Waals surface area (Å²) in [4.78, 5) is 22.3. The predicted molar refractivity (Wildman–Crippen MR) is 90.6 cm³/mol. The second-order valence-electron chi connectivity index (χ2n) is 5.04. The molecule has 0 aliphatic heterocycles. The normalized spacial score (nSPS) is 10.3. The molecule has 0 heterocycles. The van der Waals surface area contributed by atoms with E-state index in [0.717, 1.165) is 5.56 Å². The van der Waals surface area contributed by atoms with Crippen LogP contribution in [0, 0.1) is 10.1 Å². The van der Waals surface area contributed by atoms with E-state index < -0.39 is 10.9 Å². The van der Waals surface area contributed by atoms with Gasteiger partial charge in [-0.3, -0.25) is 10.1 Å². The minimum absolute atomic E-state index is 0.107. The molecule has 2 rings (SSSR count). The molecule has 2 aromatic carbocycles. The molecule has 0 atom stereocenters. The van der Waals surface area contributed by atoms with Crippen molar-refractivity contribution in [3.05, 3.63) is 69.8 Å². The van der Waals surface area contributed by atoms with E-state index in [0.29, 0.717) is 6.61 Å². The van der Waals surface area contributed by atoms with Crippen LogP contribution in [0.15, 0.2) is 48.5 Å². The number of ether oxygens (including phenoxy) is 3. The first-order valence-electron chi connectivity index (χ1n) is 7.82. The monoisotopic (exact) mass is 345 g/mol. The Kier molecular flexibility index (Phi) is 6.91. The Morgan fingerprint density at radius 3 is 2.56 bits per heavy atom. The SMILES string of the molecule is CCOC(=O)c1ccc([N+](=O)[O-])cc1OCCOCc1ccccc1. The third kappa shape index (κ3) is 5.58.